The third kappa shape index (κ3) is 6.40. The Bertz CT molecular complexity index is 1010. The highest BCUT2D eigenvalue weighted by Crippen LogP contribution is 2.17. The second-order valence-corrected chi connectivity index (χ2v) is 8.65. The lowest BCUT2D eigenvalue weighted by atomic mass is 9.98. The Morgan fingerprint density at radius 3 is 2.23 bits per heavy atom. The maximum Gasteiger partial charge on any atom is 0.307 e. The van der Waals surface area contributed by atoms with E-state index < -0.39 is 16.0 Å². The Kier molecular flexibility index (Phi) is 8.14. The number of hydrogen-bond acceptors (Lipinski definition) is 6. The molecule has 162 valence electrons. The van der Waals surface area contributed by atoms with E-state index in [2.05, 4.69) is 4.72 Å². The van der Waals surface area contributed by atoms with E-state index in [1.54, 1.807) is 18.2 Å². The van der Waals surface area contributed by atoms with Crippen LogP contribution in [0.4, 0.5) is 0 Å². The number of carbonyl (C=O) groups is 2. The van der Waals surface area contributed by atoms with E-state index >= 15 is 0 Å². The molecule has 2 aromatic rings. The van der Waals surface area contributed by atoms with Crippen molar-refractivity contribution < 1.29 is 27.5 Å². The summed E-state index contributed by atoms with van der Waals surface area (Å²) in [5.41, 5.74) is 3.41. The van der Waals surface area contributed by atoms with Crippen LogP contribution in [0.15, 0.2) is 41.3 Å². The normalized spacial score (nSPS) is 11.2. The lowest BCUT2D eigenvalue weighted by Gasteiger charge is -2.10. The van der Waals surface area contributed by atoms with E-state index in [-0.39, 0.29) is 30.3 Å². The van der Waals surface area contributed by atoms with Crippen molar-refractivity contribution in [3.63, 3.8) is 0 Å². The smallest absolute Gasteiger partial charge is 0.307 e. The Labute approximate surface area is 177 Å². The molecule has 30 heavy (non-hydrogen) atoms. The minimum atomic E-state index is -3.76. The molecule has 0 spiro atoms. The lowest BCUT2D eigenvalue weighted by molar-refractivity contribution is -0.142. The number of nitrogens with one attached hydrogen (secondary N) is 1. The zero-order chi connectivity index (χ0) is 22.3. The molecule has 0 bridgehead atoms. The highest BCUT2D eigenvalue weighted by Gasteiger charge is 2.16. The minimum absolute atomic E-state index is 0.0692. The maximum absolute atomic E-state index is 12.3. The number of benzene rings is 2. The average molecular weight is 434 g/mol. The van der Waals surface area contributed by atoms with E-state index in [9.17, 15) is 18.0 Å². The first-order chi connectivity index (χ1) is 14.1. The summed E-state index contributed by atoms with van der Waals surface area (Å²) >= 11 is 0. The molecule has 0 fully saturated rings. The van der Waals surface area contributed by atoms with Crippen LogP contribution in [0.5, 0.6) is 5.75 Å². The average Bonchev–Trinajstić information content (AvgIpc) is 2.69. The van der Waals surface area contributed by atoms with Crippen molar-refractivity contribution in [2.45, 2.75) is 39.0 Å². The van der Waals surface area contributed by atoms with Crippen molar-refractivity contribution in [1.29, 1.82) is 0 Å². The van der Waals surface area contributed by atoms with Crippen molar-refractivity contribution >= 4 is 21.8 Å². The molecule has 0 atom stereocenters. The molecule has 0 radical (unpaired) electrons. The summed E-state index contributed by atoms with van der Waals surface area (Å²) in [7, 11) is -3.76. The molecule has 1 N–H and O–H groups in total. The van der Waals surface area contributed by atoms with Crippen molar-refractivity contribution in [2.24, 2.45) is 0 Å². The number of ether oxygens (including phenoxy) is 2. The van der Waals surface area contributed by atoms with Gasteiger partial charge in [0.2, 0.25) is 15.8 Å². The van der Waals surface area contributed by atoms with Gasteiger partial charge >= 0.3 is 5.97 Å². The van der Waals surface area contributed by atoms with Gasteiger partial charge in [-0.15, -0.1) is 0 Å². The molecule has 0 aliphatic rings. The molecule has 7 nitrogen and oxygen atoms in total. The highest BCUT2D eigenvalue weighted by molar-refractivity contribution is 7.89. The summed E-state index contributed by atoms with van der Waals surface area (Å²) in [5, 5.41) is 0. The molecule has 2 aromatic carbocycles. The number of Topliss-reactive ketones (excluding diaryl/α,β-unsaturated/α-hetero) is 1. The first-order valence-electron chi connectivity index (χ1n) is 9.63. The number of hydrogen-bond donors (Lipinski definition) is 1. The lowest BCUT2D eigenvalue weighted by Crippen LogP contribution is -2.27. The molecule has 8 heteroatoms. The molecule has 0 aromatic heterocycles. The monoisotopic (exact) mass is 433 g/mol. The summed E-state index contributed by atoms with van der Waals surface area (Å²) in [5.74, 6) is -0.373. The fourth-order valence-corrected chi connectivity index (χ4v) is 3.84. The second kappa shape index (κ2) is 10.4. The number of aryl methyl sites for hydroxylation is 3. The van der Waals surface area contributed by atoms with Gasteiger partial charge in [0.25, 0.3) is 0 Å². The number of rotatable bonds is 10. The van der Waals surface area contributed by atoms with Crippen LogP contribution in [-0.4, -0.2) is 39.9 Å². The number of sulfonamides is 1. The summed E-state index contributed by atoms with van der Waals surface area (Å²) in [6.45, 7) is 7.51. The van der Waals surface area contributed by atoms with E-state index in [0.29, 0.717) is 17.9 Å². The van der Waals surface area contributed by atoms with E-state index in [0.717, 1.165) is 16.7 Å². The van der Waals surface area contributed by atoms with Crippen molar-refractivity contribution in [3.8, 4) is 5.75 Å². The fraction of sp³-hybridized carbons (Fsp3) is 0.364. The van der Waals surface area contributed by atoms with Gasteiger partial charge in [0, 0.05) is 12.1 Å². The topological polar surface area (TPSA) is 98.8 Å². The van der Waals surface area contributed by atoms with Gasteiger partial charge < -0.3 is 9.47 Å². The third-order valence-electron chi connectivity index (χ3n) is 4.57. The van der Waals surface area contributed by atoms with Crippen LogP contribution in [0.25, 0.3) is 0 Å². The van der Waals surface area contributed by atoms with Gasteiger partial charge in [-0.25, -0.2) is 13.1 Å². The molecule has 0 aliphatic carbocycles. The van der Waals surface area contributed by atoms with Crippen LogP contribution in [0, 0.1) is 20.8 Å². The zero-order valence-electron chi connectivity index (χ0n) is 17.7. The fourth-order valence-electron chi connectivity index (χ4n) is 2.81. The number of carbonyl (C=O) groups excluding carboxylic acids is 2. The molecule has 0 amide bonds. The molecule has 0 unspecified atom stereocenters. The van der Waals surface area contributed by atoms with Gasteiger partial charge in [0.15, 0.2) is 6.61 Å². The largest absolute Gasteiger partial charge is 0.494 e. The van der Waals surface area contributed by atoms with Crippen LogP contribution < -0.4 is 9.46 Å². The molecule has 0 heterocycles. The van der Waals surface area contributed by atoms with Gasteiger partial charge in [-0.05, 0) is 74.7 Å². The molecule has 0 saturated carbocycles. The third-order valence-corrected chi connectivity index (χ3v) is 6.05. The van der Waals surface area contributed by atoms with Gasteiger partial charge in [0.1, 0.15) is 5.75 Å². The van der Waals surface area contributed by atoms with E-state index in [1.165, 1.54) is 12.1 Å². The number of esters is 1. The zero-order valence-corrected chi connectivity index (χ0v) is 18.5. The summed E-state index contributed by atoms with van der Waals surface area (Å²) in [6, 6.07) is 9.68. The van der Waals surface area contributed by atoms with Crippen LogP contribution in [0.1, 0.15) is 40.4 Å². The van der Waals surface area contributed by atoms with Crippen LogP contribution >= 0.6 is 0 Å². The molecular formula is C22H27NO6S. The van der Waals surface area contributed by atoms with Gasteiger partial charge in [-0.3, -0.25) is 9.59 Å². The standard InChI is InChI=1S/C22H27NO6S/c1-5-28-18-6-8-19(9-7-18)30(26,27)23-11-10-22(25)29-14-21(24)20-13-16(3)15(2)12-17(20)4/h6-9,12-13,23H,5,10-11,14H2,1-4H3. The van der Waals surface area contributed by atoms with Crippen molar-refractivity contribution in [2.75, 3.05) is 19.8 Å². The van der Waals surface area contributed by atoms with Crippen LogP contribution in [-0.2, 0) is 19.6 Å². The van der Waals surface area contributed by atoms with Gasteiger partial charge in [-0.1, -0.05) is 6.07 Å². The van der Waals surface area contributed by atoms with E-state index in [1.807, 2.05) is 33.8 Å². The Balaban J connectivity index is 1.83. The van der Waals surface area contributed by atoms with Gasteiger partial charge in [-0.2, -0.15) is 0 Å². The summed E-state index contributed by atoms with van der Waals surface area (Å²) in [4.78, 5) is 24.3. The van der Waals surface area contributed by atoms with E-state index in [4.69, 9.17) is 9.47 Å². The number of ketones is 1. The second-order valence-electron chi connectivity index (χ2n) is 6.89. The first-order valence-corrected chi connectivity index (χ1v) is 11.1. The van der Waals surface area contributed by atoms with Gasteiger partial charge in [0.05, 0.1) is 17.9 Å². The molecule has 0 saturated heterocycles. The SMILES string of the molecule is CCOc1ccc(S(=O)(=O)NCCC(=O)OCC(=O)c2cc(C)c(C)cc2C)cc1. The Morgan fingerprint density at radius 2 is 1.60 bits per heavy atom. The maximum atomic E-state index is 12.3. The predicted octanol–water partition coefficient (Wildman–Crippen LogP) is 3.11. The van der Waals surface area contributed by atoms with Crippen molar-refractivity contribution in [1.82, 2.24) is 4.72 Å². The Morgan fingerprint density at radius 1 is 0.967 bits per heavy atom. The quantitative estimate of drug-likeness (QED) is 0.457. The first kappa shape index (κ1) is 23.6. The predicted molar refractivity (Wildman–Crippen MR) is 113 cm³/mol. The molecular weight excluding hydrogens is 406 g/mol. The molecule has 2 rings (SSSR count). The van der Waals surface area contributed by atoms with Crippen LogP contribution in [0.2, 0.25) is 0 Å². The summed E-state index contributed by atoms with van der Waals surface area (Å²) in [6.07, 6.45) is -0.185. The van der Waals surface area contributed by atoms with Crippen molar-refractivity contribution in [3.05, 3.63) is 58.7 Å². The molecule has 0 aliphatic heterocycles. The van der Waals surface area contributed by atoms with Crippen LogP contribution in [0.3, 0.4) is 0 Å². The Hall–Kier alpha value is -2.71. The summed E-state index contributed by atoms with van der Waals surface area (Å²) < 4.78 is 37.2. The highest BCUT2D eigenvalue weighted by atomic mass is 32.2. The minimum Gasteiger partial charge on any atom is -0.494 e.